The predicted molar refractivity (Wildman–Crippen MR) is 80.6 cm³/mol. The van der Waals surface area contributed by atoms with Gasteiger partial charge in [0.05, 0.1) is 18.3 Å². The van der Waals surface area contributed by atoms with E-state index in [1.165, 1.54) is 0 Å². The van der Waals surface area contributed by atoms with Crippen LogP contribution in [0.4, 0.5) is 0 Å². The summed E-state index contributed by atoms with van der Waals surface area (Å²) < 4.78 is 5.43. The van der Waals surface area contributed by atoms with E-state index in [1.807, 2.05) is 31.2 Å². The summed E-state index contributed by atoms with van der Waals surface area (Å²) >= 11 is 1.64. The average Bonchev–Trinajstić information content (AvgIpc) is 2.90. The molecule has 1 heterocycles. The normalized spacial score (nSPS) is 12.4. The van der Waals surface area contributed by atoms with Crippen LogP contribution < -0.4 is 10.5 Å². The zero-order valence-electron chi connectivity index (χ0n) is 11.4. The van der Waals surface area contributed by atoms with Gasteiger partial charge in [-0.3, -0.25) is 0 Å². The Bertz CT molecular complexity index is 507. The van der Waals surface area contributed by atoms with Gasteiger partial charge in [0, 0.05) is 10.9 Å². The number of nitrogens with two attached hydrogens (primary N) is 1. The molecule has 102 valence electrons. The van der Waals surface area contributed by atoms with Gasteiger partial charge >= 0.3 is 0 Å². The minimum Gasteiger partial charge on any atom is -0.494 e. The summed E-state index contributed by atoms with van der Waals surface area (Å²) in [6.07, 6.45) is 2.06. The van der Waals surface area contributed by atoms with Crippen molar-refractivity contribution in [1.29, 1.82) is 0 Å². The molecule has 0 aliphatic rings. The summed E-state index contributed by atoms with van der Waals surface area (Å²) in [5.41, 5.74) is 8.19. The van der Waals surface area contributed by atoms with Gasteiger partial charge in [-0.15, -0.1) is 11.3 Å². The zero-order valence-corrected chi connectivity index (χ0v) is 12.2. The van der Waals surface area contributed by atoms with Crippen LogP contribution in [-0.2, 0) is 0 Å². The molecule has 0 aliphatic carbocycles. The van der Waals surface area contributed by atoms with Crippen molar-refractivity contribution in [3.63, 3.8) is 0 Å². The largest absolute Gasteiger partial charge is 0.494 e. The zero-order chi connectivity index (χ0) is 13.7. The summed E-state index contributed by atoms with van der Waals surface area (Å²) in [4.78, 5) is 4.63. The Balaban J connectivity index is 2.13. The van der Waals surface area contributed by atoms with Crippen molar-refractivity contribution in [1.82, 2.24) is 4.98 Å². The highest BCUT2D eigenvalue weighted by Crippen LogP contribution is 2.27. The molecule has 0 saturated carbocycles. The van der Waals surface area contributed by atoms with Crippen LogP contribution >= 0.6 is 11.3 Å². The molecule has 3 nitrogen and oxygen atoms in total. The highest BCUT2D eigenvalue weighted by molar-refractivity contribution is 7.10. The third-order valence-electron chi connectivity index (χ3n) is 2.90. The van der Waals surface area contributed by atoms with Crippen LogP contribution in [0.15, 0.2) is 29.6 Å². The lowest BCUT2D eigenvalue weighted by Gasteiger charge is -2.05. The molecule has 2 rings (SSSR count). The van der Waals surface area contributed by atoms with Crippen molar-refractivity contribution in [3.05, 3.63) is 34.7 Å². The number of rotatable bonds is 6. The second-order valence-corrected chi connectivity index (χ2v) is 5.31. The Kier molecular flexibility index (Phi) is 4.93. The van der Waals surface area contributed by atoms with Crippen molar-refractivity contribution in [2.24, 2.45) is 5.73 Å². The number of nitrogens with zero attached hydrogens (tertiary/aromatic N) is 1. The first kappa shape index (κ1) is 14.0. The monoisotopic (exact) mass is 276 g/mol. The van der Waals surface area contributed by atoms with E-state index in [2.05, 4.69) is 17.3 Å². The quantitative estimate of drug-likeness (QED) is 0.867. The van der Waals surface area contributed by atoms with E-state index >= 15 is 0 Å². The maximum atomic E-state index is 6.09. The molecule has 0 saturated heterocycles. The van der Waals surface area contributed by atoms with Crippen molar-refractivity contribution < 1.29 is 4.74 Å². The maximum absolute atomic E-state index is 6.09. The highest BCUT2D eigenvalue weighted by atomic mass is 32.1. The molecule has 0 fully saturated rings. The Morgan fingerprint density at radius 2 is 2.00 bits per heavy atom. The molecule has 2 N–H and O–H groups in total. The van der Waals surface area contributed by atoms with Crippen molar-refractivity contribution in [3.8, 4) is 17.0 Å². The van der Waals surface area contributed by atoms with E-state index < -0.39 is 0 Å². The number of aromatic nitrogens is 1. The fraction of sp³-hybridized carbons (Fsp3) is 0.400. The minimum absolute atomic E-state index is 0.0615. The Labute approximate surface area is 118 Å². The lowest BCUT2D eigenvalue weighted by Crippen LogP contribution is -2.09. The Hall–Kier alpha value is -1.39. The van der Waals surface area contributed by atoms with Gasteiger partial charge in [0.2, 0.25) is 0 Å². The average molecular weight is 276 g/mol. The Morgan fingerprint density at radius 1 is 1.26 bits per heavy atom. The first-order valence-corrected chi connectivity index (χ1v) is 7.56. The smallest absolute Gasteiger partial charge is 0.119 e. The van der Waals surface area contributed by atoms with Crippen molar-refractivity contribution in [2.75, 3.05) is 6.61 Å². The van der Waals surface area contributed by atoms with Crippen LogP contribution in [0.25, 0.3) is 11.3 Å². The third-order valence-corrected chi connectivity index (χ3v) is 3.88. The van der Waals surface area contributed by atoms with E-state index in [9.17, 15) is 0 Å². The lowest BCUT2D eigenvalue weighted by molar-refractivity contribution is 0.340. The molecule has 0 radical (unpaired) electrons. The first-order valence-electron chi connectivity index (χ1n) is 6.68. The van der Waals surface area contributed by atoms with Crippen LogP contribution in [0.5, 0.6) is 5.75 Å². The van der Waals surface area contributed by atoms with Crippen LogP contribution in [0.1, 0.15) is 37.7 Å². The number of hydrogen-bond donors (Lipinski definition) is 1. The molecule has 19 heavy (non-hydrogen) atoms. The van der Waals surface area contributed by atoms with Crippen molar-refractivity contribution >= 4 is 11.3 Å². The number of benzene rings is 1. The Morgan fingerprint density at radius 3 is 2.63 bits per heavy atom. The molecule has 2 aromatic rings. The summed E-state index contributed by atoms with van der Waals surface area (Å²) in [7, 11) is 0. The van der Waals surface area contributed by atoms with Gasteiger partial charge in [0.1, 0.15) is 10.8 Å². The van der Waals surface area contributed by atoms with E-state index in [0.29, 0.717) is 6.61 Å². The number of hydrogen-bond acceptors (Lipinski definition) is 4. The van der Waals surface area contributed by atoms with E-state index in [-0.39, 0.29) is 6.04 Å². The summed E-state index contributed by atoms with van der Waals surface area (Å²) in [5, 5.41) is 3.09. The molecular formula is C15H20N2OS. The number of thiazole rings is 1. The SMILES string of the molecule is CCCC(N)c1nc(-c2ccc(OCC)cc2)cs1. The molecule has 4 heteroatoms. The highest BCUT2D eigenvalue weighted by Gasteiger charge is 2.11. The topological polar surface area (TPSA) is 48.1 Å². The van der Waals surface area contributed by atoms with Crippen LogP contribution in [-0.4, -0.2) is 11.6 Å². The van der Waals surface area contributed by atoms with E-state index in [1.54, 1.807) is 11.3 Å². The van der Waals surface area contributed by atoms with Gasteiger partial charge in [-0.1, -0.05) is 13.3 Å². The van der Waals surface area contributed by atoms with Gasteiger partial charge in [0.15, 0.2) is 0 Å². The minimum atomic E-state index is 0.0615. The summed E-state index contributed by atoms with van der Waals surface area (Å²) in [6, 6.07) is 8.09. The summed E-state index contributed by atoms with van der Waals surface area (Å²) in [5.74, 6) is 0.893. The van der Waals surface area contributed by atoms with E-state index in [0.717, 1.165) is 34.9 Å². The van der Waals surface area contributed by atoms with Gasteiger partial charge in [-0.05, 0) is 37.6 Å². The van der Waals surface area contributed by atoms with Crippen LogP contribution in [0, 0.1) is 0 Å². The molecular weight excluding hydrogens is 256 g/mol. The standard InChI is InChI=1S/C15H20N2OS/c1-3-5-13(16)15-17-14(10-19-15)11-6-8-12(9-7-11)18-4-2/h6-10,13H,3-5,16H2,1-2H3. The molecule has 0 amide bonds. The third kappa shape index (κ3) is 3.55. The fourth-order valence-corrected chi connectivity index (χ4v) is 2.78. The maximum Gasteiger partial charge on any atom is 0.119 e. The molecule has 1 aromatic heterocycles. The molecule has 1 unspecified atom stereocenters. The molecule has 0 spiro atoms. The van der Waals surface area contributed by atoms with Gasteiger partial charge in [-0.25, -0.2) is 4.98 Å². The lowest BCUT2D eigenvalue weighted by atomic mass is 10.1. The number of ether oxygens (including phenoxy) is 1. The first-order chi connectivity index (χ1) is 9.24. The summed E-state index contributed by atoms with van der Waals surface area (Å²) in [6.45, 7) is 4.81. The molecule has 0 aliphatic heterocycles. The van der Waals surface area contributed by atoms with E-state index in [4.69, 9.17) is 10.5 Å². The molecule has 0 bridgehead atoms. The fourth-order valence-electron chi connectivity index (χ4n) is 1.91. The second kappa shape index (κ2) is 6.68. The van der Waals surface area contributed by atoms with Gasteiger partial charge in [0.25, 0.3) is 0 Å². The predicted octanol–water partition coefficient (Wildman–Crippen LogP) is 4.01. The molecule has 1 aromatic carbocycles. The van der Waals surface area contributed by atoms with Crippen molar-refractivity contribution in [2.45, 2.75) is 32.7 Å². The second-order valence-electron chi connectivity index (χ2n) is 4.42. The van der Waals surface area contributed by atoms with Gasteiger partial charge < -0.3 is 10.5 Å². The molecule has 1 atom stereocenters. The van der Waals surface area contributed by atoms with Crippen LogP contribution in [0.2, 0.25) is 0 Å². The van der Waals surface area contributed by atoms with Gasteiger partial charge in [-0.2, -0.15) is 0 Å². The van der Waals surface area contributed by atoms with Crippen LogP contribution in [0.3, 0.4) is 0 Å².